The first kappa shape index (κ1) is 27.5. The van der Waals surface area contributed by atoms with Crippen molar-refractivity contribution >= 4 is 5.97 Å². The molecule has 0 unspecified atom stereocenters. The van der Waals surface area contributed by atoms with Gasteiger partial charge in [-0.05, 0) is 37.0 Å². The van der Waals surface area contributed by atoms with Gasteiger partial charge in [0.05, 0.1) is 0 Å². The van der Waals surface area contributed by atoms with E-state index < -0.39 is 0 Å². The molecule has 0 aliphatic rings. The highest BCUT2D eigenvalue weighted by molar-refractivity contribution is 5.69. The number of benzene rings is 1. The summed E-state index contributed by atoms with van der Waals surface area (Å²) < 4.78 is 11.0. The minimum atomic E-state index is -0.0965. The van der Waals surface area contributed by atoms with E-state index in [-0.39, 0.29) is 5.97 Å². The third kappa shape index (κ3) is 16.8. The van der Waals surface area contributed by atoms with Gasteiger partial charge < -0.3 is 9.47 Å². The fourth-order valence-electron chi connectivity index (χ4n) is 3.83. The summed E-state index contributed by atoms with van der Waals surface area (Å²) in [5.41, 5.74) is 1.37. The van der Waals surface area contributed by atoms with Crippen LogP contribution in [0.5, 0.6) is 5.75 Å². The highest BCUT2D eigenvalue weighted by Gasteiger charge is 2.03. The van der Waals surface area contributed by atoms with Crippen molar-refractivity contribution in [3.63, 3.8) is 0 Å². The van der Waals surface area contributed by atoms with E-state index in [1.165, 1.54) is 89.0 Å². The number of ether oxygens (including phenoxy) is 2. The molecule has 31 heavy (non-hydrogen) atoms. The van der Waals surface area contributed by atoms with Crippen LogP contribution in [0.1, 0.15) is 122 Å². The van der Waals surface area contributed by atoms with Gasteiger partial charge in [-0.15, -0.1) is 0 Å². The summed E-state index contributed by atoms with van der Waals surface area (Å²) in [4.78, 5) is 11.8. The molecule has 0 fully saturated rings. The Morgan fingerprint density at radius 3 is 1.74 bits per heavy atom. The van der Waals surface area contributed by atoms with Gasteiger partial charge in [-0.25, -0.2) is 0 Å². The van der Waals surface area contributed by atoms with Crippen LogP contribution in [0, 0.1) is 0 Å². The van der Waals surface area contributed by atoms with Gasteiger partial charge in [0.15, 0.2) is 0 Å². The van der Waals surface area contributed by atoms with Crippen LogP contribution in [-0.2, 0) is 16.0 Å². The number of carbonyl (C=O) groups excluding carboxylic acids is 1. The Bertz CT molecular complexity index is 524. The highest BCUT2D eigenvalue weighted by atomic mass is 16.6. The summed E-state index contributed by atoms with van der Waals surface area (Å²) in [5.74, 6) is 0.752. The second kappa shape index (κ2) is 20.4. The molecule has 1 rings (SSSR count). The van der Waals surface area contributed by atoms with E-state index in [0.29, 0.717) is 19.6 Å². The van der Waals surface area contributed by atoms with Crippen molar-refractivity contribution in [1.82, 2.24) is 0 Å². The standard InChI is InChI=1S/C28H48O3/c1-3-5-7-9-11-12-13-15-17-19-28(29)31-25-24-30-27-22-20-26(21-23-27)18-16-14-10-8-6-4-2/h20-23H,3-19,24-25H2,1-2H3. The van der Waals surface area contributed by atoms with Crippen LogP contribution in [0.2, 0.25) is 0 Å². The molecule has 0 radical (unpaired) electrons. The molecule has 1 aromatic rings. The zero-order valence-corrected chi connectivity index (χ0v) is 20.5. The largest absolute Gasteiger partial charge is 0.490 e. The van der Waals surface area contributed by atoms with Gasteiger partial charge in [0, 0.05) is 6.42 Å². The predicted octanol–water partition coefficient (Wildman–Crippen LogP) is 8.43. The Morgan fingerprint density at radius 1 is 0.645 bits per heavy atom. The first-order chi connectivity index (χ1) is 15.3. The topological polar surface area (TPSA) is 35.5 Å². The molecule has 178 valence electrons. The summed E-state index contributed by atoms with van der Waals surface area (Å²) in [5, 5.41) is 0. The Hall–Kier alpha value is -1.51. The van der Waals surface area contributed by atoms with Crippen molar-refractivity contribution < 1.29 is 14.3 Å². The number of esters is 1. The molecule has 0 aliphatic carbocycles. The van der Waals surface area contributed by atoms with Gasteiger partial charge in [-0.3, -0.25) is 4.79 Å². The van der Waals surface area contributed by atoms with Crippen molar-refractivity contribution in [2.75, 3.05) is 13.2 Å². The second-order valence-electron chi connectivity index (χ2n) is 8.81. The third-order valence-corrected chi connectivity index (χ3v) is 5.84. The number of hydrogen-bond donors (Lipinski definition) is 0. The Kier molecular flexibility index (Phi) is 18.1. The van der Waals surface area contributed by atoms with Crippen LogP contribution in [0.25, 0.3) is 0 Å². The Labute approximate surface area is 192 Å². The molecule has 0 heterocycles. The first-order valence-electron chi connectivity index (χ1n) is 13.1. The van der Waals surface area contributed by atoms with Gasteiger partial charge in [0.2, 0.25) is 0 Å². The summed E-state index contributed by atoms with van der Waals surface area (Å²) in [6.07, 6.45) is 21.0. The molecule has 0 amide bonds. The van der Waals surface area contributed by atoms with Crippen molar-refractivity contribution in [3.05, 3.63) is 29.8 Å². The summed E-state index contributed by atoms with van der Waals surface area (Å²) >= 11 is 0. The van der Waals surface area contributed by atoms with Crippen molar-refractivity contribution in [2.45, 2.75) is 123 Å². The van der Waals surface area contributed by atoms with Gasteiger partial charge in [-0.1, -0.05) is 109 Å². The minimum absolute atomic E-state index is 0.0965. The van der Waals surface area contributed by atoms with E-state index in [2.05, 4.69) is 26.0 Å². The molecular weight excluding hydrogens is 384 g/mol. The lowest BCUT2D eigenvalue weighted by atomic mass is 10.0. The molecule has 0 aromatic heterocycles. The SMILES string of the molecule is CCCCCCCCCCCC(=O)OCCOc1ccc(CCCCCCCC)cc1. The van der Waals surface area contributed by atoms with Gasteiger partial charge in [-0.2, -0.15) is 0 Å². The number of rotatable bonds is 21. The highest BCUT2D eigenvalue weighted by Crippen LogP contribution is 2.15. The molecule has 3 nitrogen and oxygen atoms in total. The lowest BCUT2D eigenvalue weighted by molar-refractivity contribution is -0.144. The fraction of sp³-hybridized carbons (Fsp3) is 0.750. The molecule has 0 aliphatic heterocycles. The van der Waals surface area contributed by atoms with Gasteiger partial charge in [0.1, 0.15) is 19.0 Å². The van der Waals surface area contributed by atoms with E-state index in [1.807, 2.05) is 12.1 Å². The number of unbranched alkanes of at least 4 members (excludes halogenated alkanes) is 13. The fourth-order valence-corrected chi connectivity index (χ4v) is 3.83. The molecular formula is C28H48O3. The molecule has 0 atom stereocenters. The van der Waals surface area contributed by atoms with Gasteiger partial charge in [0.25, 0.3) is 0 Å². The van der Waals surface area contributed by atoms with Crippen LogP contribution >= 0.6 is 0 Å². The molecule has 0 saturated heterocycles. The number of aryl methyl sites for hydroxylation is 1. The number of carbonyl (C=O) groups is 1. The van der Waals surface area contributed by atoms with E-state index in [1.54, 1.807) is 0 Å². The van der Waals surface area contributed by atoms with Crippen molar-refractivity contribution in [2.24, 2.45) is 0 Å². The first-order valence-corrected chi connectivity index (χ1v) is 13.1. The quantitative estimate of drug-likeness (QED) is 0.144. The summed E-state index contributed by atoms with van der Waals surface area (Å²) in [7, 11) is 0. The van der Waals surface area contributed by atoms with Crippen LogP contribution in [0.3, 0.4) is 0 Å². The van der Waals surface area contributed by atoms with E-state index in [4.69, 9.17) is 9.47 Å². The van der Waals surface area contributed by atoms with Gasteiger partial charge >= 0.3 is 5.97 Å². The van der Waals surface area contributed by atoms with Crippen LogP contribution in [-0.4, -0.2) is 19.2 Å². The second-order valence-corrected chi connectivity index (χ2v) is 8.81. The minimum Gasteiger partial charge on any atom is -0.490 e. The average Bonchev–Trinajstić information content (AvgIpc) is 2.79. The maximum atomic E-state index is 11.8. The van der Waals surface area contributed by atoms with Crippen molar-refractivity contribution in [3.8, 4) is 5.75 Å². The molecule has 0 saturated carbocycles. The summed E-state index contributed by atoms with van der Waals surface area (Å²) in [6.45, 7) is 5.25. The normalized spacial score (nSPS) is 10.9. The molecule has 0 spiro atoms. The smallest absolute Gasteiger partial charge is 0.305 e. The van der Waals surface area contributed by atoms with Crippen LogP contribution in [0.15, 0.2) is 24.3 Å². The van der Waals surface area contributed by atoms with E-state index in [9.17, 15) is 4.79 Å². The lowest BCUT2D eigenvalue weighted by Crippen LogP contribution is -2.12. The zero-order valence-electron chi connectivity index (χ0n) is 20.5. The maximum Gasteiger partial charge on any atom is 0.305 e. The number of hydrogen-bond acceptors (Lipinski definition) is 3. The molecule has 3 heteroatoms. The Morgan fingerprint density at radius 2 is 1.16 bits per heavy atom. The average molecular weight is 433 g/mol. The third-order valence-electron chi connectivity index (χ3n) is 5.84. The maximum absolute atomic E-state index is 11.8. The zero-order chi connectivity index (χ0) is 22.4. The van der Waals surface area contributed by atoms with E-state index in [0.717, 1.165) is 25.0 Å². The monoisotopic (exact) mass is 432 g/mol. The van der Waals surface area contributed by atoms with Crippen molar-refractivity contribution in [1.29, 1.82) is 0 Å². The summed E-state index contributed by atoms with van der Waals surface area (Å²) in [6, 6.07) is 8.35. The molecule has 1 aromatic carbocycles. The molecule has 0 N–H and O–H groups in total. The predicted molar refractivity (Wildman–Crippen MR) is 132 cm³/mol. The van der Waals surface area contributed by atoms with Crippen LogP contribution in [0.4, 0.5) is 0 Å². The molecule has 0 bridgehead atoms. The van der Waals surface area contributed by atoms with E-state index >= 15 is 0 Å². The van der Waals surface area contributed by atoms with Crippen LogP contribution < -0.4 is 4.74 Å². The Balaban J connectivity index is 1.96. The lowest BCUT2D eigenvalue weighted by Gasteiger charge is -2.08.